The number of rotatable bonds is 6. The largest absolute Gasteiger partial charge is 0.382 e. The van der Waals surface area contributed by atoms with Crippen LogP contribution in [0.1, 0.15) is 22.5 Å². The molecular formula is C28H22N16. The van der Waals surface area contributed by atoms with Crippen molar-refractivity contribution in [1.82, 2.24) is 69.0 Å². The van der Waals surface area contributed by atoms with Gasteiger partial charge < -0.3 is 20.6 Å². The molecule has 0 aliphatic heterocycles. The van der Waals surface area contributed by atoms with E-state index < -0.39 is 0 Å². The number of aromatic nitrogens is 14. The SMILES string of the molecule is Nc1ncnc2c1ncn2Cc1cn(CC#Cc2ccccc2C#CCn2cc(Cn3cnc4c(N)ncnc43)nn2)nn1. The normalized spacial score (nSPS) is 10.9. The van der Waals surface area contributed by atoms with Crippen LogP contribution in [0.25, 0.3) is 22.3 Å². The maximum atomic E-state index is 5.88. The monoisotopic (exact) mass is 582 g/mol. The molecule has 0 spiro atoms. The first-order valence-electron chi connectivity index (χ1n) is 13.3. The maximum absolute atomic E-state index is 5.88. The summed E-state index contributed by atoms with van der Waals surface area (Å²) in [5, 5.41) is 16.9. The zero-order valence-electron chi connectivity index (χ0n) is 23.0. The van der Waals surface area contributed by atoms with Crippen LogP contribution in [0.3, 0.4) is 0 Å². The second-order valence-electron chi connectivity index (χ2n) is 9.57. The van der Waals surface area contributed by atoms with Crippen LogP contribution in [-0.2, 0) is 26.2 Å². The molecule has 0 radical (unpaired) electrons. The highest BCUT2D eigenvalue weighted by Crippen LogP contribution is 2.16. The first-order valence-corrected chi connectivity index (χ1v) is 13.3. The molecule has 0 aliphatic carbocycles. The Bertz CT molecular complexity index is 2090. The van der Waals surface area contributed by atoms with Crippen molar-refractivity contribution in [2.24, 2.45) is 0 Å². The minimum atomic E-state index is 0.337. The van der Waals surface area contributed by atoms with E-state index >= 15 is 0 Å². The summed E-state index contributed by atoms with van der Waals surface area (Å²) < 4.78 is 7.04. The molecule has 0 saturated heterocycles. The van der Waals surface area contributed by atoms with Crippen LogP contribution in [0.15, 0.2) is 62.0 Å². The van der Waals surface area contributed by atoms with Crippen molar-refractivity contribution >= 4 is 34.0 Å². The number of fused-ring (bicyclic) bond motifs is 2. The first-order chi connectivity index (χ1) is 21.6. The van der Waals surface area contributed by atoms with Crippen LogP contribution >= 0.6 is 0 Å². The zero-order chi connectivity index (χ0) is 29.9. The van der Waals surface area contributed by atoms with Gasteiger partial charge in [-0.15, -0.1) is 10.2 Å². The summed E-state index contributed by atoms with van der Waals surface area (Å²) in [5.41, 5.74) is 17.2. The van der Waals surface area contributed by atoms with Gasteiger partial charge in [-0.2, -0.15) is 0 Å². The fourth-order valence-corrected chi connectivity index (χ4v) is 4.49. The highest BCUT2D eigenvalue weighted by atomic mass is 15.4. The third-order valence-corrected chi connectivity index (χ3v) is 6.55. The molecule has 0 saturated carbocycles. The van der Waals surface area contributed by atoms with Gasteiger partial charge in [-0.1, -0.05) is 46.2 Å². The van der Waals surface area contributed by atoms with E-state index in [0.29, 0.717) is 60.1 Å². The topological polar surface area (TPSA) is 201 Å². The number of nitrogen functional groups attached to an aromatic ring is 2. The first kappa shape index (κ1) is 26.2. The smallest absolute Gasteiger partial charge is 0.165 e. The van der Waals surface area contributed by atoms with Gasteiger partial charge in [0.05, 0.1) is 38.1 Å². The summed E-state index contributed by atoms with van der Waals surface area (Å²) in [6.45, 7) is 1.61. The third-order valence-electron chi connectivity index (χ3n) is 6.55. The van der Waals surface area contributed by atoms with Gasteiger partial charge in [0.2, 0.25) is 0 Å². The van der Waals surface area contributed by atoms with E-state index in [-0.39, 0.29) is 0 Å². The van der Waals surface area contributed by atoms with Crippen LogP contribution in [0.2, 0.25) is 0 Å². The maximum Gasteiger partial charge on any atom is 0.165 e. The number of nitrogens with zero attached hydrogens (tertiary/aromatic N) is 14. The second kappa shape index (κ2) is 11.3. The van der Waals surface area contributed by atoms with Crippen LogP contribution in [-0.4, -0.2) is 69.0 Å². The molecule has 16 heteroatoms. The van der Waals surface area contributed by atoms with Crippen LogP contribution in [0.4, 0.5) is 11.6 Å². The predicted octanol–water partition coefficient (Wildman–Crippen LogP) is 0.513. The summed E-state index contributed by atoms with van der Waals surface area (Å²) in [5.74, 6) is 13.4. The van der Waals surface area contributed by atoms with Crippen molar-refractivity contribution in [1.29, 1.82) is 0 Å². The molecule has 0 aliphatic rings. The molecule has 0 unspecified atom stereocenters. The van der Waals surface area contributed by atoms with E-state index in [1.165, 1.54) is 12.7 Å². The van der Waals surface area contributed by atoms with Crippen LogP contribution in [0, 0.1) is 23.7 Å². The summed E-state index contributed by atoms with van der Waals surface area (Å²) in [6, 6.07) is 7.72. The van der Waals surface area contributed by atoms with Gasteiger partial charge in [-0.3, -0.25) is 0 Å². The van der Waals surface area contributed by atoms with Crippen molar-refractivity contribution in [3.63, 3.8) is 0 Å². The van der Waals surface area contributed by atoms with E-state index in [1.54, 1.807) is 22.0 Å². The molecule has 16 nitrogen and oxygen atoms in total. The lowest BCUT2D eigenvalue weighted by molar-refractivity contribution is 0.671. The quantitative estimate of drug-likeness (QED) is 0.258. The van der Waals surface area contributed by atoms with Crippen LogP contribution < -0.4 is 11.5 Å². The van der Waals surface area contributed by atoms with Crippen molar-refractivity contribution in [2.45, 2.75) is 26.2 Å². The molecule has 44 heavy (non-hydrogen) atoms. The summed E-state index contributed by atoms with van der Waals surface area (Å²) in [4.78, 5) is 25.0. The molecule has 6 aromatic heterocycles. The van der Waals surface area contributed by atoms with Gasteiger partial charge in [0.25, 0.3) is 0 Å². The molecule has 0 atom stereocenters. The number of benzene rings is 1. The third kappa shape index (κ3) is 5.33. The highest BCUT2D eigenvalue weighted by Gasteiger charge is 2.11. The number of nitrogens with two attached hydrogens (primary N) is 2. The molecule has 4 N–H and O–H groups in total. The highest BCUT2D eigenvalue weighted by molar-refractivity contribution is 5.81. The average molecular weight is 583 g/mol. The molecule has 214 valence electrons. The Balaban J connectivity index is 0.983. The molecule has 6 heterocycles. The van der Waals surface area contributed by atoms with Gasteiger partial charge in [-0.05, 0) is 12.1 Å². The van der Waals surface area contributed by atoms with Gasteiger partial charge >= 0.3 is 0 Å². The van der Waals surface area contributed by atoms with Gasteiger partial charge in [0.1, 0.15) is 48.2 Å². The number of hydrogen-bond donors (Lipinski definition) is 2. The fraction of sp³-hybridized carbons (Fsp3) is 0.143. The molecule has 1 aromatic carbocycles. The fourth-order valence-electron chi connectivity index (χ4n) is 4.49. The lowest BCUT2D eigenvalue weighted by atomic mass is 10.1. The molecule has 7 aromatic rings. The van der Waals surface area contributed by atoms with E-state index in [1.807, 2.05) is 45.8 Å². The Kier molecular flexibility index (Phi) is 6.74. The number of hydrogen-bond acceptors (Lipinski definition) is 12. The Morgan fingerprint density at radius 1 is 0.614 bits per heavy atom. The minimum Gasteiger partial charge on any atom is -0.382 e. The standard InChI is InChI=1S/C28H22N16/c29-25-23-27(33-15-31-25)41(17-35-23)11-21-13-43(39-37-21)9-3-7-19-5-1-2-6-20(19)8-4-10-44-14-22(38-40-44)12-42-18-36-24-26(30)32-16-34-28(24)42/h1-2,5-6,13-18H,9-12H2,(H2,29,31,33)(H2,30,32,34). The summed E-state index contributed by atoms with van der Waals surface area (Å²) >= 11 is 0. The van der Waals surface area contributed by atoms with Crippen LogP contribution in [0.5, 0.6) is 0 Å². The molecular weight excluding hydrogens is 560 g/mol. The van der Waals surface area contributed by atoms with E-state index in [2.05, 4.69) is 74.2 Å². The van der Waals surface area contributed by atoms with Gasteiger partial charge in [0, 0.05) is 11.1 Å². The Morgan fingerprint density at radius 2 is 1.09 bits per heavy atom. The second-order valence-corrected chi connectivity index (χ2v) is 9.57. The summed E-state index contributed by atoms with van der Waals surface area (Å²) in [7, 11) is 0. The average Bonchev–Trinajstić information content (AvgIpc) is 3.84. The molecule has 7 rings (SSSR count). The Hall–Kier alpha value is -6.68. The van der Waals surface area contributed by atoms with Crippen molar-refractivity contribution in [2.75, 3.05) is 11.5 Å². The number of anilines is 2. The van der Waals surface area contributed by atoms with Crippen molar-refractivity contribution in [3.8, 4) is 23.7 Å². The zero-order valence-corrected chi connectivity index (χ0v) is 23.0. The Morgan fingerprint density at radius 3 is 1.57 bits per heavy atom. The van der Waals surface area contributed by atoms with Crippen molar-refractivity contribution in [3.05, 3.63) is 84.5 Å². The minimum absolute atomic E-state index is 0.337. The molecule has 0 bridgehead atoms. The van der Waals surface area contributed by atoms with Gasteiger partial charge in [0.15, 0.2) is 22.9 Å². The lowest BCUT2D eigenvalue weighted by Crippen LogP contribution is -2.01. The van der Waals surface area contributed by atoms with E-state index in [4.69, 9.17) is 11.5 Å². The molecule has 0 amide bonds. The molecule has 0 fully saturated rings. The van der Waals surface area contributed by atoms with E-state index in [9.17, 15) is 0 Å². The number of imidazole rings is 2. The van der Waals surface area contributed by atoms with Gasteiger partial charge in [-0.25, -0.2) is 39.3 Å². The van der Waals surface area contributed by atoms with Crippen molar-refractivity contribution < 1.29 is 0 Å². The van der Waals surface area contributed by atoms with E-state index in [0.717, 1.165) is 22.5 Å². The predicted molar refractivity (Wildman–Crippen MR) is 158 cm³/mol. The summed E-state index contributed by atoms with van der Waals surface area (Å²) in [6.07, 6.45) is 9.81. The lowest BCUT2D eigenvalue weighted by Gasteiger charge is -2.00. The Labute approximate surface area is 248 Å².